The largest absolute Gasteiger partial charge is 0.368 e. The Bertz CT molecular complexity index is 263. The van der Waals surface area contributed by atoms with Gasteiger partial charge >= 0.3 is 0 Å². The van der Waals surface area contributed by atoms with Gasteiger partial charge in [-0.05, 0) is 63.2 Å². The zero-order chi connectivity index (χ0) is 10.6. The van der Waals surface area contributed by atoms with Crippen LogP contribution in [0, 0.1) is 23.7 Å². The van der Waals surface area contributed by atoms with Gasteiger partial charge in [0, 0.05) is 0 Å². The van der Waals surface area contributed by atoms with Gasteiger partial charge in [-0.2, -0.15) is 0 Å². The molecule has 0 spiro atoms. The Morgan fingerprint density at radius 1 is 1.33 bits per heavy atom. The van der Waals surface area contributed by atoms with Gasteiger partial charge in [-0.25, -0.2) is 0 Å². The monoisotopic (exact) mass is 210 g/mol. The molecule has 3 aliphatic rings. The van der Waals surface area contributed by atoms with Crippen LogP contribution in [-0.2, 0) is 4.74 Å². The molecular formula is C13H22O2. The number of rotatable bonds is 2. The van der Waals surface area contributed by atoms with Crippen LogP contribution in [0.2, 0.25) is 0 Å². The lowest BCUT2D eigenvalue weighted by Gasteiger charge is -2.40. The Morgan fingerprint density at radius 3 is 2.80 bits per heavy atom. The summed E-state index contributed by atoms with van der Waals surface area (Å²) in [4.78, 5) is 0. The van der Waals surface area contributed by atoms with Gasteiger partial charge in [0.1, 0.15) is 0 Å². The van der Waals surface area contributed by atoms with Crippen molar-refractivity contribution in [3.8, 4) is 0 Å². The first-order valence-electron chi connectivity index (χ1n) is 6.46. The minimum Gasteiger partial charge on any atom is -0.368 e. The SMILES string of the molecule is CC(O)OC1(C)CC2CC1C1CCCC21. The van der Waals surface area contributed by atoms with Crippen LogP contribution in [0.25, 0.3) is 0 Å². The molecule has 6 unspecified atom stereocenters. The molecule has 6 atom stereocenters. The summed E-state index contributed by atoms with van der Waals surface area (Å²) in [6, 6.07) is 0. The highest BCUT2D eigenvalue weighted by molar-refractivity contribution is 5.09. The molecule has 0 aromatic rings. The summed E-state index contributed by atoms with van der Waals surface area (Å²) in [6.45, 7) is 3.96. The summed E-state index contributed by atoms with van der Waals surface area (Å²) in [6.07, 6.45) is 6.23. The molecule has 0 saturated heterocycles. The smallest absolute Gasteiger partial charge is 0.152 e. The van der Waals surface area contributed by atoms with Crippen LogP contribution in [0.5, 0.6) is 0 Å². The van der Waals surface area contributed by atoms with Crippen molar-refractivity contribution in [3.63, 3.8) is 0 Å². The van der Waals surface area contributed by atoms with Crippen molar-refractivity contribution in [1.29, 1.82) is 0 Å². The van der Waals surface area contributed by atoms with E-state index < -0.39 is 6.29 Å². The minimum atomic E-state index is -0.603. The molecule has 0 aromatic heterocycles. The number of fused-ring (bicyclic) bond motifs is 5. The normalized spacial score (nSPS) is 54.6. The van der Waals surface area contributed by atoms with Gasteiger partial charge in [0.25, 0.3) is 0 Å². The van der Waals surface area contributed by atoms with E-state index in [9.17, 15) is 5.11 Å². The molecule has 2 nitrogen and oxygen atoms in total. The number of ether oxygens (including phenoxy) is 1. The van der Waals surface area contributed by atoms with E-state index in [4.69, 9.17) is 4.74 Å². The van der Waals surface area contributed by atoms with Crippen molar-refractivity contribution >= 4 is 0 Å². The Hall–Kier alpha value is -0.0800. The predicted molar refractivity (Wildman–Crippen MR) is 58.2 cm³/mol. The summed E-state index contributed by atoms with van der Waals surface area (Å²) in [5.74, 6) is 3.53. The first kappa shape index (κ1) is 10.1. The van der Waals surface area contributed by atoms with E-state index >= 15 is 0 Å². The summed E-state index contributed by atoms with van der Waals surface area (Å²) >= 11 is 0. The van der Waals surface area contributed by atoms with Gasteiger partial charge in [-0.15, -0.1) is 0 Å². The highest BCUT2D eigenvalue weighted by Crippen LogP contribution is 2.63. The Kier molecular flexibility index (Phi) is 2.16. The fraction of sp³-hybridized carbons (Fsp3) is 1.00. The second kappa shape index (κ2) is 3.21. The molecular weight excluding hydrogens is 188 g/mol. The number of aliphatic hydroxyl groups is 1. The van der Waals surface area contributed by atoms with E-state index in [1.165, 1.54) is 32.1 Å². The average molecular weight is 210 g/mol. The van der Waals surface area contributed by atoms with Crippen LogP contribution in [0.1, 0.15) is 46.0 Å². The topological polar surface area (TPSA) is 29.5 Å². The van der Waals surface area contributed by atoms with E-state index in [0.717, 1.165) is 23.7 Å². The van der Waals surface area contributed by atoms with Gasteiger partial charge in [-0.1, -0.05) is 6.42 Å². The zero-order valence-electron chi connectivity index (χ0n) is 9.78. The van der Waals surface area contributed by atoms with Crippen molar-refractivity contribution in [2.45, 2.75) is 57.8 Å². The van der Waals surface area contributed by atoms with Gasteiger partial charge in [0.05, 0.1) is 5.60 Å². The Morgan fingerprint density at radius 2 is 2.07 bits per heavy atom. The number of aliphatic hydroxyl groups excluding tert-OH is 1. The van der Waals surface area contributed by atoms with Gasteiger partial charge in [0.2, 0.25) is 0 Å². The molecule has 15 heavy (non-hydrogen) atoms. The fourth-order valence-corrected chi connectivity index (χ4v) is 4.91. The highest BCUT2D eigenvalue weighted by atomic mass is 16.6. The van der Waals surface area contributed by atoms with Gasteiger partial charge in [-0.3, -0.25) is 0 Å². The average Bonchev–Trinajstić information content (AvgIpc) is 2.70. The lowest BCUT2D eigenvalue weighted by atomic mass is 9.73. The summed E-state index contributed by atoms with van der Waals surface area (Å²) < 4.78 is 5.80. The van der Waals surface area contributed by atoms with E-state index in [0.29, 0.717) is 0 Å². The van der Waals surface area contributed by atoms with Crippen molar-refractivity contribution in [1.82, 2.24) is 0 Å². The third kappa shape index (κ3) is 1.38. The van der Waals surface area contributed by atoms with E-state index in [2.05, 4.69) is 6.92 Å². The molecule has 0 radical (unpaired) electrons. The first-order chi connectivity index (χ1) is 7.10. The third-order valence-electron chi connectivity index (χ3n) is 5.20. The first-order valence-corrected chi connectivity index (χ1v) is 6.46. The zero-order valence-corrected chi connectivity index (χ0v) is 9.78. The number of hydrogen-bond donors (Lipinski definition) is 1. The Balaban J connectivity index is 1.80. The molecule has 2 heteroatoms. The second-order valence-corrected chi connectivity index (χ2v) is 6.09. The molecule has 2 bridgehead atoms. The van der Waals surface area contributed by atoms with Crippen LogP contribution < -0.4 is 0 Å². The standard InChI is InChI=1S/C13H22O2/c1-8(14)15-13(2)7-9-6-12(13)11-5-3-4-10(9)11/h8-12,14H,3-7H2,1-2H3. The second-order valence-electron chi connectivity index (χ2n) is 6.09. The van der Waals surface area contributed by atoms with Crippen LogP contribution >= 0.6 is 0 Å². The van der Waals surface area contributed by atoms with E-state index in [1.807, 2.05) is 0 Å². The Labute approximate surface area is 92.0 Å². The molecule has 1 N–H and O–H groups in total. The molecule has 0 amide bonds. The van der Waals surface area contributed by atoms with Crippen molar-refractivity contribution in [2.75, 3.05) is 0 Å². The van der Waals surface area contributed by atoms with Crippen molar-refractivity contribution < 1.29 is 9.84 Å². The van der Waals surface area contributed by atoms with E-state index in [1.54, 1.807) is 6.92 Å². The molecule has 3 aliphatic carbocycles. The summed E-state index contributed by atoms with van der Waals surface area (Å²) in [5, 5.41) is 9.42. The predicted octanol–water partition coefficient (Wildman–Crippen LogP) is 2.56. The maximum atomic E-state index is 9.42. The third-order valence-corrected chi connectivity index (χ3v) is 5.20. The highest BCUT2D eigenvalue weighted by Gasteiger charge is 2.59. The molecule has 86 valence electrons. The van der Waals surface area contributed by atoms with Crippen molar-refractivity contribution in [3.05, 3.63) is 0 Å². The van der Waals surface area contributed by atoms with Crippen LogP contribution in [0.4, 0.5) is 0 Å². The molecule has 3 rings (SSSR count). The van der Waals surface area contributed by atoms with Crippen LogP contribution in [-0.4, -0.2) is 17.0 Å². The summed E-state index contributed by atoms with van der Waals surface area (Å²) in [5.41, 5.74) is -0.0235. The number of hydrogen-bond acceptors (Lipinski definition) is 2. The van der Waals surface area contributed by atoms with E-state index in [-0.39, 0.29) is 5.60 Å². The fourth-order valence-electron chi connectivity index (χ4n) is 4.91. The maximum Gasteiger partial charge on any atom is 0.152 e. The quantitative estimate of drug-likeness (QED) is 0.710. The molecule has 3 saturated carbocycles. The lowest BCUT2D eigenvalue weighted by molar-refractivity contribution is -0.197. The maximum absolute atomic E-state index is 9.42. The van der Waals surface area contributed by atoms with Crippen molar-refractivity contribution in [2.24, 2.45) is 23.7 Å². The minimum absolute atomic E-state index is 0.0235. The summed E-state index contributed by atoms with van der Waals surface area (Å²) in [7, 11) is 0. The molecule has 3 fully saturated rings. The van der Waals surface area contributed by atoms with Crippen LogP contribution in [0.15, 0.2) is 0 Å². The van der Waals surface area contributed by atoms with Crippen LogP contribution in [0.3, 0.4) is 0 Å². The van der Waals surface area contributed by atoms with Gasteiger partial charge < -0.3 is 9.84 Å². The molecule has 0 aromatic carbocycles. The lowest BCUT2D eigenvalue weighted by Crippen LogP contribution is -2.43. The molecule has 0 heterocycles. The van der Waals surface area contributed by atoms with Gasteiger partial charge in [0.15, 0.2) is 6.29 Å². The molecule has 0 aliphatic heterocycles.